The van der Waals surface area contributed by atoms with Crippen molar-refractivity contribution in [3.05, 3.63) is 29.8 Å². The summed E-state index contributed by atoms with van der Waals surface area (Å²) >= 11 is 0. The quantitative estimate of drug-likeness (QED) is 0.743. The first kappa shape index (κ1) is 19.6. The summed E-state index contributed by atoms with van der Waals surface area (Å²) in [5.41, 5.74) is -1.02. The summed E-state index contributed by atoms with van der Waals surface area (Å²) in [5, 5.41) is 5.35. The minimum atomic E-state index is -4.49. The van der Waals surface area contributed by atoms with E-state index in [-0.39, 0.29) is 11.7 Å². The van der Waals surface area contributed by atoms with Gasteiger partial charge in [0.1, 0.15) is 0 Å². The summed E-state index contributed by atoms with van der Waals surface area (Å²) < 4.78 is 39.4. The molecule has 2 saturated heterocycles. The van der Waals surface area contributed by atoms with Gasteiger partial charge in [0.15, 0.2) is 0 Å². The van der Waals surface area contributed by atoms with Gasteiger partial charge in [0, 0.05) is 24.2 Å². The first-order valence-corrected chi connectivity index (χ1v) is 10.4. The third kappa shape index (κ3) is 4.14. The molecule has 4 nitrogen and oxygen atoms in total. The number of carbonyl (C=O) groups is 1. The van der Waals surface area contributed by atoms with Gasteiger partial charge >= 0.3 is 12.2 Å². The number of urea groups is 1. The Hall–Kier alpha value is -1.76. The molecule has 1 saturated carbocycles. The van der Waals surface area contributed by atoms with Crippen LogP contribution in [0, 0.1) is 0 Å². The lowest BCUT2D eigenvalue weighted by molar-refractivity contribution is -0.136. The number of halogens is 3. The first-order chi connectivity index (χ1) is 13.4. The second-order valence-electron chi connectivity index (χ2n) is 8.43. The van der Waals surface area contributed by atoms with Gasteiger partial charge in [0.05, 0.1) is 11.3 Å². The predicted molar refractivity (Wildman–Crippen MR) is 102 cm³/mol. The molecule has 1 aromatic carbocycles. The van der Waals surface area contributed by atoms with Crippen LogP contribution in [-0.4, -0.2) is 35.1 Å². The van der Waals surface area contributed by atoms with Gasteiger partial charge in [-0.1, -0.05) is 31.4 Å². The fourth-order valence-corrected chi connectivity index (χ4v) is 5.52. The molecule has 2 N–H and O–H groups in total. The molecular weight excluding hydrogens is 367 g/mol. The van der Waals surface area contributed by atoms with Crippen molar-refractivity contribution >= 4 is 11.7 Å². The van der Waals surface area contributed by atoms with Gasteiger partial charge in [-0.15, -0.1) is 0 Å². The van der Waals surface area contributed by atoms with E-state index in [4.69, 9.17) is 0 Å². The van der Waals surface area contributed by atoms with Gasteiger partial charge in [-0.2, -0.15) is 13.2 Å². The molecule has 2 aliphatic heterocycles. The van der Waals surface area contributed by atoms with Crippen LogP contribution in [0.25, 0.3) is 0 Å². The maximum atomic E-state index is 13.1. The number of anilines is 1. The molecule has 0 spiro atoms. The van der Waals surface area contributed by atoms with Crippen molar-refractivity contribution in [2.45, 2.75) is 88.1 Å². The number of benzene rings is 1. The van der Waals surface area contributed by atoms with Crippen molar-refractivity contribution in [1.29, 1.82) is 0 Å². The van der Waals surface area contributed by atoms with Crippen LogP contribution < -0.4 is 10.6 Å². The van der Waals surface area contributed by atoms with E-state index in [0.717, 1.165) is 31.7 Å². The molecule has 1 aliphatic carbocycles. The van der Waals surface area contributed by atoms with Crippen LogP contribution in [0.2, 0.25) is 0 Å². The summed E-state index contributed by atoms with van der Waals surface area (Å²) in [5.74, 6) is 0. The lowest BCUT2D eigenvalue weighted by Crippen LogP contribution is -2.59. The predicted octanol–water partition coefficient (Wildman–Crippen LogP) is 5.16. The second kappa shape index (κ2) is 7.93. The SMILES string of the molecule is O=C(Nc1ccccc1C(F)(F)F)NC1CC2CCCC(C1)N2C1CCCC1. The van der Waals surface area contributed by atoms with Crippen LogP contribution in [0.5, 0.6) is 0 Å². The van der Waals surface area contributed by atoms with E-state index in [1.54, 1.807) is 0 Å². The van der Waals surface area contributed by atoms with E-state index in [1.165, 1.54) is 50.3 Å². The molecule has 154 valence electrons. The van der Waals surface area contributed by atoms with E-state index in [0.29, 0.717) is 18.1 Å². The molecule has 2 amide bonds. The number of nitrogens with one attached hydrogen (secondary N) is 2. The van der Waals surface area contributed by atoms with Gasteiger partial charge in [0.2, 0.25) is 0 Å². The number of rotatable bonds is 3. The van der Waals surface area contributed by atoms with Crippen molar-refractivity contribution in [3.63, 3.8) is 0 Å². The van der Waals surface area contributed by atoms with Gasteiger partial charge in [-0.25, -0.2) is 4.79 Å². The van der Waals surface area contributed by atoms with Gasteiger partial charge < -0.3 is 10.6 Å². The fraction of sp³-hybridized carbons (Fsp3) is 0.667. The number of amides is 2. The van der Waals surface area contributed by atoms with E-state index in [2.05, 4.69) is 15.5 Å². The maximum Gasteiger partial charge on any atom is 0.418 e. The Bertz CT molecular complexity index is 688. The van der Waals surface area contributed by atoms with E-state index in [1.807, 2.05) is 0 Å². The van der Waals surface area contributed by atoms with Crippen LogP contribution in [-0.2, 0) is 6.18 Å². The standard InChI is InChI=1S/C21H28F3N3O/c22-21(23,24)18-10-3-4-11-19(18)26-20(28)25-14-12-16-8-5-9-17(13-14)27(16)15-6-1-2-7-15/h3-4,10-11,14-17H,1-2,5-9,12-13H2,(H2,25,26,28). The third-order valence-electron chi connectivity index (χ3n) is 6.59. The highest BCUT2D eigenvalue weighted by atomic mass is 19.4. The third-order valence-corrected chi connectivity index (χ3v) is 6.59. The minimum Gasteiger partial charge on any atom is -0.335 e. The number of fused-ring (bicyclic) bond motifs is 2. The Labute approximate surface area is 163 Å². The number of nitrogens with zero attached hydrogens (tertiary/aromatic N) is 1. The molecule has 3 aliphatic rings. The van der Waals surface area contributed by atoms with Gasteiger partial charge in [-0.05, 0) is 50.7 Å². The zero-order valence-electron chi connectivity index (χ0n) is 16.0. The van der Waals surface area contributed by atoms with Crippen molar-refractivity contribution in [2.24, 2.45) is 0 Å². The van der Waals surface area contributed by atoms with Crippen LogP contribution >= 0.6 is 0 Å². The van der Waals surface area contributed by atoms with Crippen molar-refractivity contribution < 1.29 is 18.0 Å². The molecule has 0 aromatic heterocycles. The van der Waals surface area contributed by atoms with E-state index in [9.17, 15) is 18.0 Å². The van der Waals surface area contributed by atoms with Crippen LogP contribution in [0.4, 0.5) is 23.7 Å². The van der Waals surface area contributed by atoms with Gasteiger partial charge in [0.25, 0.3) is 0 Å². The summed E-state index contributed by atoms with van der Waals surface area (Å²) in [6.45, 7) is 0. The Morgan fingerprint density at radius 2 is 1.54 bits per heavy atom. The van der Waals surface area contributed by atoms with Gasteiger partial charge in [-0.3, -0.25) is 4.90 Å². The molecule has 7 heteroatoms. The molecule has 2 atom stereocenters. The first-order valence-electron chi connectivity index (χ1n) is 10.4. The molecule has 2 bridgehead atoms. The number of alkyl halides is 3. The lowest BCUT2D eigenvalue weighted by atomic mass is 9.80. The Balaban J connectivity index is 1.39. The highest BCUT2D eigenvalue weighted by Crippen LogP contribution is 2.39. The smallest absolute Gasteiger partial charge is 0.335 e. The maximum absolute atomic E-state index is 13.1. The van der Waals surface area contributed by atoms with E-state index < -0.39 is 17.8 Å². The number of hydrogen-bond donors (Lipinski definition) is 2. The lowest BCUT2D eigenvalue weighted by Gasteiger charge is -2.51. The summed E-state index contributed by atoms with van der Waals surface area (Å²) in [4.78, 5) is 15.1. The Morgan fingerprint density at radius 1 is 0.929 bits per heavy atom. The fourth-order valence-electron chi connectivity index (χ4n) is 5.52. The highest BCUT2D eigenvalue weighted by molar-refractivity contribution is 5.90. The van der Waals surface area contributed by atoms with E-state index >= 15 is 0 Å². The van der Waals surface area contributed by atoms with Crippen molar-refractivity contribution in [3.8, 4) is 0 Å². The molecule has 2 heterocycles. The molecule has 2 unspecified atom stereocenters. The molecule has 4 rings (SSSR count). The number of piperidine rings is 2. The Morgan fingerprint density at radius 3 is 2.18 bits per heavy atom. The van der Waals surface area contributed by atoms with Crippen molar-refractivity contribution in [2.75, 3.05) is 5.32 Å². The monoisotopic (exact) mass is 395 g/mol. The van der Waals surface area contributed by atoms with Crippen LogP contribution in [0.1, 0.15) is 63.4 Å². The molecule has 28 heavy (non-hydrogen) atoms. The average Bonchev–Trinajstić information content (AvgIpc) is 3.14. The summed E-state index contributed by atoms with van der Waals surface area (Å²) in [6, 6.07) is 6.23. The minimum absolute atomic E-state index is 0.0194. The molecule has 3 fully saturated rings. The summed E-state index contributed by atoms with van der Waals surface area (Å²) in [6.07, 6.45) is 6.01. The molecular formula is C21H28F3N3O. The Kier molecular flexibility index (Phi) is 5.54. The average molecular weight is 395 g/mol. The second-order valence-corrected chi connectivity index (χ2v) is 8.43. The number of hydrogen-bond acceptors (Lipinski definition) is 2. The largest absolute Gasteiger partial charge is 0.418 e. The van der Waals surface area contributed by atoms with Crippen molar-refractivity contribution in [1.82, 2.24) is 10.2 Å². The number of carbonyl (C=O) groups excluding carboxylic acids is 1. The zero-order valence-corrected chi connectivity index (χ0v) is 16.0. The summed E-state index contributed by atoms with van der Waals surface area (Å²) in [7, 11) is 0. The normalized spacial score (nSPS) is 28.9. The molecule has 0 radical (unpaired) electrons. The van der Waals surface area contributed by atoms with Crippen LogP contribution in [0.3, 0.4) is 0 Å². The molecule has 1 aromatic rings. The zero-order chi connectivity index (χ0) is 19.7. The van der Waals surface area contributed by atoms with Crippen LogP contribution in [0.15, 0.2) is 24.3 Å². The highest BCUT2D eigenvalue weighted by Gasteiger charge is 2.42. The topological polar surface area (TPSA) is 44.4 Å². The number of para-hydroxylation sites is 1.